The molecular weight excluding hydrogens is 166 g/mol. The third-order valence-electron chi connectivity index (χ3n) is 1.95. The Labute approximate surface area is 80.7 Å². The second kappa shape index (κ2) is 8.96. The largest absolute Gasteiger partial charge is 0.317 e. The molecule has 0 heterocycles. The highest BCUT2D eigenvalue weighted by molar-refractivity contribution is 7.98. The SMILES string of the molecule is C#CCCCC(CCSC)NC. The number of nitrogens with one attached hydrogen (secondary N) is 1. The average Bonchev–Trinajstić information content (AvgIpc) is 2.11. The van der Waals surface area contributed by atoms with Crippen LogP contribution in [0.25, 0.3) is 0 Å². The summed E-state index contributed by atoms with van der Waals surface area (Å²) >= 11 is 1.90. The Bertz CT molecular complexity index is 128. The van der Waals surface area contributed by atoms with Crippen LogP contribution in [0.1, 0.15) is 25.7 Å². The van der Waals surface area contributed by atoms with Crippen molar-refractivity contribution in [3.8, 4) is 12.3 Å². The van der Waals surface area contributed by atoms with Gasteiger partial charge in [-0.3, -0.25) is 0 Å². The number of unbranched alkanes of at least 4 members (excludes halogenated alkanes) is 1. The second-order valence-corrected chi connectivity index (χ2v) is 3.85. The van der Waals surface area contributed by atoms with Crippen LogP contribution < -0.4 is 5.32 Å². The molecule has 0 saturated carbocycles. The van der Waals surface area contributed by atoms with Crippen molar-refractivity contribution < 1.29 is 0 Å². The third kappa shape index (κ3) is 6.57. The minimum absolute atomic E-state index is 0.658. The maximum atomic E-state index is 5.18. The van der Waals surface area contributed by atoms with E-state index in [2.05, 4.69) is 17.5 Å². The molecule has 12 heavy (non-hydrogen) atoms. The number of terminal acetylenes is 1. The van der Waals surface area contributed by atoms with Crippen LogP contribution in [0.15, 0.2) is 0 Å². The van der Waals surface area contributed by atoms with Crippen LogP contribution in [-0.4, -0.2) is 25.1 Å². The summed E-state index contributed by atoms with van der Waals surface area (Å²) < 4.78 is 0. The molecule has 2 heteroatoms. The van der Waals surface area contributed by atoms with Crippen molar-refractivity contribution in [1.82, 2.24) is 5.32 Å². The Morgan fingerprint density at radius 2 is 2.25 bits per heavy atom. The summed E-state index contributed by atoms with van der Waals surface area (Å²) in [5.41, 5.74) is 0. The standard InChI is InChI=1S/C10H19NS/c1-4-5-6-7-10(11-2)8-9-12-3/h1,10-11H,5-9H2,2-3H3. The maximum absolute atomic E-state index is 5.18. The van der Waals surface area contributed by atoms with E-state index in [1.54, 1.807) is 0 Å². The minimum Gasteiger partial charge on any atom is -0.317 e. The molecule has 1 unspecified atom stereocenters. The summed E-state index contributed by atoms with van der Waals surface area (Å²) in [6, 6.07) is 0.658. The molecule has 0 spiro atoms. The normalized spacial score (nSPS) is 12.4. The topological polar surface area (TPSA) is 12.0 Å². The van der Waals surface area contributed by atoms with Crippen molar-refractivity contribution in [2.45, 2.75) is 31.7 Å². The summed E-state index contributed by atoms with van der Waals surface area (Å²) in [6.45, 7) is 0. The lowest BCUT2D eigenvalue weighted by Gasteiger charge is -2.14. The van der Waals surface area contributed by atoms with Crippen LogP contribution in [0.5, 0.6) is 0 Å². The zero-order valence-corrected chi connectivity index (χ0v) is 8.91. The van der Waals surface area contributed by atoms with Gasteiger partial charge in [0, 0.05) is 12.5 Å². The fraction of sp³-hybridized carbons (Fsp3) is 0.800. The highest BCUT2D eigenvalue weighted by Gasteiger charge is 2.03. The smallest absolute Gasteiger partial charge is 0.00866 e. The van der Waals surface area contributed by atoms with Crippen LogP contribution in [-0.2, 0) is 0 Å². The highest BCUT2D eigenvalue weighted by atomic mass is 32.2. The van der Waals surface area contributed by atoms with Gasteiger partial charge >= 0.3 is 0 Å². The Morgan fingerprint density at radius 3 is 2.75 bits per heavy atom. The number of rotatable bonds is 7. The Hall–Kier alpha value is -0.130. The molecule has 0 saturated heterocycles. The molecule has 0 fully saturated rings. The molecule has 1 nitrogen and oxygen atoms in total. The zero-order chi connectivity index (χ0) is 9.23. The van der Waals surface area contributed by atoms with E-state index in [1.165, 1.54) is 18.6 Å². The number of hydrogen-bond acceptors (Lipinski definition) is 2. The molecule has 0 aliphatic carbocycles. The van der Waals surface area contributed by atoms with Gasteiger partial charge in [0.2, 0.25) is 0 Å². The molecule has 1 N–H and O–H groups in total. The Kier molecular flexibility index (Phi) is 8.86. The van der Waals surface area contributed by atoms with E-state index < -0.39 is 0 Å². The van der Waals surface area contributed by atoms with Gasteiger partial charge in [0.05, 0.1) is 0 Å². The van der Waals surface area contributed by atoms with E-state index >= 15 is 0 Å². The highest BCUT2D eigenvalue weighted by Crippen LogP contribution is 2.07. The molecule has 0 aromatic heterocycles. The van der Waals surface area contributed by atoms with Gasteiger partial charge in [-0.1, -0.05) is 0 Å². The van der Waals surface area contributed by atoms with Gasteiger partial charge in [-0.15, -0.1) is 12.3 Å². The van der Waals surface area contributed by atoms with Crippen LogP contribution in [0, 0.1) is 12.3 Å². The van der Waals surface area contributed by atoms with E-state index in [4.69, 9.17) is 6.42 Å². The lowest BCUT2D eigenvalue weighted by atomic mass is 10.1. The van der Waals surface area contributed by atoms with Crippen LogP contribution in [0.2, 0.25) is 0 Å². The van der Waals surface area contributed by atoms with Gasteiger partial charge in [-0.05, 0) is 38.3 Å². The van der Waals surface area contributed by atoms with Crippen molar-refractivity contribution in [3.05, 3.63) is 0 Å². The molecular formula is C10H19NS. The summed E-state index contributed by atoms with van der Waals surface area (Å²) in [4.78, 5) is 0. The van der Waals surface area contributed by atoms with Gasteiger partial charge in [0.1, 0.15) is 0 Å². The molecule has 0 aromatic rings. The molecule has 1 atom stereocenters. The van der Waals surface area contributed by atoms with E-state index in [1.807, 2.05) is 18.8 Å². The molecule has 0 amide bonds. The Morgan fingerprint density at radius 1 is 1.50 bits per heavy atom. The van der Waals surface area contributed by atoms with Crippen LogP contribution in [0.4, 0.5) is 0 Å². The zero-order valence-electron chi connectivity index (χ0n) is 8.10. The summed E-state index contributed by atoms with van der Waals surface area (Å²) in [7, 11) is 2.03. The molecule has 0 bridgehead atoms. The molecule has 0 aliphatic heterocycles. The predicted octanol–water partition coefficient (Wildman–Crippen LogP) is 2.13. The summed E-state index contributed by atoms with van der Waals surface area (Å²) in [5, 5.41) is 3.31. The lowest BCUT2D eigenvalue weighted by molar-refractivity contribution is 0.498. The molecule has 0 aromatic carbocycles. The number of hydrogen-bond donors (Lipinski definition) is 1. The van der Waals surface area contributed by atoms with Gasteiger partial charge in [-0.2, -0.15) is 11.8 Å². The first-order valence-electron chi connectivity index (χ1n) is 4.44. The van der Waals surface area contributed by atoms with E-state index in [-0.39, 0.29) is 0 Å². The molecule has 0 radical (unpaired) electrons. The van der Waals surface area contributed by atoms with Gasteiger partial charge in [0.15, 0.2) is 0 Å². The van der Waals surface area contributed by atoms with Crippen LogP contribution >= 0.6 is 11.8 Å². The summed E-state index contributed by atoms with van der Waals surface area (Å²) in [6.07, 6.45) is 11.9. The molecule has 70 valence electrons. The van der Waals surface area contributed by atoms with Crippen molar-refractivity contribution in [1.29, 1.82) is 0 Å². The summed E-state index contributed by atoms with van der Waals surface area (Å²) in [5.74, 6) is 3.91. The van der Waals surface area contributed by atoms with Gasteiger partial charge < -0.3 is 5.32 Å². The van der Waals surface area contributed by atoms with E-state index in [0.717, 1.165) is 12.8 Å². The quantitative estimate of drug-likeness (QED) is 0.482. The number of thioether (sulfide) groups is 1. The third-order valence-corrected chi connectivity index (χ3v) is 2.60. The predicted molar refractivity (Wildman–Crippen MR) is 58.5 cm³/mol. The van der Waals surface area contributed by atoms with Crippen molar-refractivity contribution >= 4 is 11.8 Å². The van der Waals surface area contributed by atoms with E-state index in [0.29, 0.717) is 6.04 Å². The van der Waals surface area contributed by atoms with Gasteiger partial charge in [0.25, 0.3) is 0 Å². The monoisotopic (exact) mass is 185 g/mol. The van der Waals surface area contributed by atoms with Gasteiger partial charge in [-0.25, -0.2) is 0 Å². The molecule has 0 aliphatic rings. The minimum atomic E-state index is 0.658. The Balaban J connectivity index is 3.34. The van der Waals surface area contributed by atoms with Crippen molar-refractivity contribution in [2.24, 2.45) is 0 Å². The lowest BCUT2D eigenvalue weighted by Crippen LogP contribution is -2.25. The second-order valence-electron chi connectivity index (χ2n) is 2.86. The first-order valence-corrected chi connectivity index (χ1v) is 5.84. The van der Waals surface area contributed by atoms with E-state index in [9.17, 15) is 0 Å². The van der Waals surface area contributed by atoms with Crippen LogP contribution in [0.3, 0.4) is 0 Å². The van der Waals surface area contributed by atoms with Crippen molar-refractivity contribution in [3.63, 3.8) is 0 Å². The van der Waals surface area contributed by atoms with Crippen molar-refractivity contribution in [2.75, 3.05) is 19.1 Å². The fourth-order valence-electron chi connectivity index (χ4n) is 1.14. The fourth-order valence-corrected chi connectivity index (χ4v) is 1.66. The maximum Gasteiger partial charge on any atom is 0.00866 e. The first-order chi connectivity index (χ1) is 5.85. The average molecular weight is 185 g/mol. The molecule has 0 rings (SSSR count). The first kappa shape index (κ1) is 11.9.